The Bertz CT molecular complexity index is 504. The monoisotopic (exact) mass is 240 g/mol. The van der Waals surface area contributed by atoms with E-state index in [1.165, 1.54) is 0 Å². The molecule has 0 amide bonds. The average molecular weight is 240 g/mol. The summed E-state index contributed by atoms with van der Waals surface area (Å²) in [5, 5.41) is 9.15. The molecule has 0 unspecified atom stereocenters. The molecule has 2 aromatic carbocycles. The minimum Gasteiger partial charge on any atom is -0.489 e. The Hall–Kier alpha value is -2.06. The first kappa shape index (κ1) is 12.4. The molecule has 0 saturated heterocycles. The van der Waals surface area contributed by atoms with E-state index in [0.717, 1.165) is 16.9 Å². The van der Waals surface area contributed by atoms with E-state index in [-0.39, 0.29) is 6.61 Å². The van der Waals surface area contributed by atoms with Crippen LogP contribution in [-0.2, 0) is 6.61 Å². The summed E-state index contributed by atoms with van der Waals surface area (Å²) in [7, 11) is 0. The number of rotatable bonds is 5. The molecule has 0 bridgehead atoms. The van der Waals surface area contributed by atoms with Crippen LogP contribution in [-0.4, -0.2) is 11.7 Å². The van der Waals surface area contributed by atoms with Crippen molar-refractivity contribution in [2.45, 2.75) is 6.61 Å². The summed E-state index contributed by atoms with van der Waals surface area (Å²) in [6.07, 6.45) is 3.98. The molecule has 2 rings (SSSR count). The number of aliphatic hydroxyl groups is 1. The van der Waals surface area contributed by atoms with Gasteiger partial charge in [-0.3, -0.25) is 0 Å². The second-order valence-electron chi connectivity index (χ2n) is 3.89. The largest absolute Gasteiger partial charge is 0.489 e. The van der Waals surface area contributed by atoms with Gasteiger partial charge in [0.2, 0.25) is 0 Å². The Morgan fingerprint density at radius 1 is 0.944 bits per heavy atom. The third-order valence-electron chi connectivity index (χ3n) is 2.59. The van der Waals surface area contributed by atoms with E-state index in [0.29, 0.717) is 6.61 Å². The maximum Gasteiger partial charge on any atom is 0.125 e. The smallest absolute Gasteiger partial charge is 0.125 e. The topological polar surface area (TPSA) is 29.5 Å². The zero-order valence-corrected chi connectivity index (χ0v) is 10.1. The van der Waals surface area contributed by atoms with Gasteiger partial charge in [-0.1, -0.05) is 54.6 Å². The predicted molar refractivity (Wildman–Crippen MR) is 73.3 cm³/mol. The predicted octanol–water partition coefficient (Wildman–Crippen LogP) is 3.27. The number of benzene rings is 2. The Morgan fingerprint density at radius 3 is 2.44 bits per heavy atom. The Morgan fingerprint density at radius 2 is 1.67 bits per heavy atom. The van der Waals surface area contributed by atoms with Crippen molar-refractivity contribution in [3.8, 4) is 5.75 Å². The summed E-state index contributed by atoms with van der Waals surface area (Å²) >= 11 is 0. The van der Waals surface area contributed by atoms with Crippen molar-refractivity contribution in [2.75, 3.05) is 6.61 Å². The molecule has 0 heterocycles. The molecule has 0 aliphatic heterocycles. The number of aliphatic hydroxyl groups excluding tert-OH is 1. The molecule has 0 radical (unpaired) electrons. The Labute approximate surface area is 107 Å². The highest BCUT2D eigenvalue weighted by atomic mass is 16.5. The Kier molecular flexibility index (Phi) is 4.56. The van der Waals surface area contributed by atoms with Crippen LogP contribution in [0.2, 0.25) is 0 Å². The standard InChI is InChI=1S/C16H16O2/c17-13-15-10-4-5-11-16(15)18-12-6-9-14-7-2-1-3-8-14/h1-11,17H,12-13H2. The Balaban J connectivity index is 1.91. The lowest BCUT2D eigenvalue weighted by Crippen LogP contribution is -1.97. The highest BCUT2D eigenvalue weighted by Crippen LogP contribution is 2.17. The molecule has 2 heteroatoms. The second kappa shape index (κ2) is 6.62. The van der Waals surface area contributed by atoms with Crippen LogP contribution in [0.5, 0.6) is 5.75 Å². The van der Waals surface area contributed by atoms with Crippen LogP contribution < -0.4 is 4.74 Å². The number of para-hydroxylation sites is 1. The highest BCUT2D eigenvalue weighted by molar-refractivity contribution is 5.48. The van der Waals surface area contributed by atoms with Crippen molar-refractivity contribution < 1.29 is 9.84 Å². The van der Waals surface area contributed by atoms with E-state index in [1.807, 2.05) is 66.7 Å². The normalized spacial score (nSPS) is 10.7. The molecule has 0 aromatic heterocycles. The summed E-state index contributed by atoms with van der Waals surface area (Å²) < 4.78 is 5.60. The highest BCUT2D eigenvalue weighted by Gasteiger charge is 1.99. The molecule has 0 atom stereocenters. The quantitative estimate of drug-likeness (QED) is 0.869. The summed E-state index contributed by atoms with van der Waals surface area (Å²) in [6, 6.07) is 17.6. The van der Waals surface area contributed by atoms with Crippen LogP contribution >= 0.6 is 0 Å². The first-order chi connectivity index (χ1) is 8.90. The van der Waals surface area contributed by atoms with Crippen LogP contribution in [0.4, 0.5) is 0 Å². The van der Waals surface area contributed by atoms with Gasteiger partial charge in [-0.15, -0.1) is 0 Å². The summed E-state index contributed by atoms with van der Waals surface area (Å²) in [4.78, 5) is 0. The van der Waals surface area contributed by atoms with Crippen LogP contribution in [0.15, 0.2) is 60.7 Å². The fraction of sp³-hybridized carbons (Fsp3) is 0.125. The third kappa shape index (κ3) is 3.47. The van der Waals surface area contributed by atoms with E-state index < -0.39 is 0 Å². The zero-order valence-electron chi connectivity index (χ0n) is 10.1. The molecule has 1 N–H and O–H groups in total. The minimum atomic E-state index is -0.00142. The average Bonchev–Trinajstić information content (AvgIpc) is 2.45. The van der Waals surface area contributed by atoms with Crippen molar-refractivity contribution in [1.82, 2.24) is 0 Å². The van der Waals surface area contributed by atoms with Gasteiger partial charge in [0, 0.05) is 5.56 Å². The van der Waals surface area contributed by atoms with Gasteiger partial charge >= 0.3 is 0 Å². The fourth-order valence-electron chi connectivity index (χ4n) is 1.66. The van der Waals surface area contributed by atoms with Gasteiger partial charge in [0.1, 0.15) is 12.4 Å². The lowest BCUT2D eigenvalue weighted by Gasteiger charge is -2.07. The van der Waals surface area contributed by atoms with Gasteiger partial charge in [0.05, 0.1) is 6.61 Å². The SMILES string of the molecule is OCc1ccccc1OCC=Cc1ccccc1. The van der Waals surface area contributed by atoms with Crippen molar-refractivity contribution in [3.63, 3.8) is 0 Å². The van der Waals surface area contributed by atoms with Crippen molar-refractivity contribution in [3.05, 3.63) is 71.8 Å². The van der Waals surface area contributed by atoms with E-state index in [4.69, 9.17) is 9.84 Å². The first-order valence-electron chi connectivity index (χ1n) is 5.93. The zero-order chi connectivity index (χ0) is 12.6. The molecule has 0 aliphatic rings. The van der Waals surface area contributed by atoms with Gasteiger partial charge in [-0.25, -0.2) is 0 Å². The summed E-state index contributed by atoms with van der Waals surface area (Å²) in [5.41, 5.74) is 1.96. The van der Waals surface area contributed by atoms with Crippen LogP contribution in [0.3, 0.4) is 0 Å². The fourth-order valence-corrected chi connectivity index (χ4v) is 1.66. The van der Waals surface area contributed by atoms with Crippen molar-refractivity contribution in [1.29, 1.82) is 0 Å². The number of hydrogen-bond acceptors (Lipinski definition) is 2. The second-order valence-corrected chi connectivity index (χ2v) is 3.89. The molecule has 0 aliphatic carbocycles. The van der Waals surface area contributed by atoms with Crippen LogP contribution in [0.25, 0.3) is 6.08 Å². The van der Waals surface area contributed by atoms with Gasteiger partial charge in [-0.05, 0) is 17.7 Å². The summed E-state index contributed by atoms with van der Waals surface area (Å²) in [5.74, 6) is 0.734. The number of ether oxygens (including phenoxy) is 1. The minimum absolute atomic E-state index is 0.00142. The van der Waals surface area contributed by atoms with E-state index in [2.05, 4.69) is 0 Å². The number of hydrogen-bond donors (Lipinski definition) is 1. The molecular formula is C16H16O2. The third-order valence-corrected chi connectivity index (χ3v) is 2.59. The molecule has 0 saturated carbocycles. The summed E-state index contributed by atoms with van der Waals surface area (Å²) in [6.45, 7) is 0.491. The van der Waals surface area contributed by atoms with Crippen molar-refractivity contribution >= 4 is 6.08 Å². The van der Waals surface area contributed by atoms with Crippen LogP contribution in [0, 0.1) is 0 Å². The van der Waals surface area contributed by atoms with Gasteiger partial charge < -0.3 is 9.84 Å². The molecule has 92 valence electrons. The molecular weight excluding hydrogens is 224 g/mol. The maximum absolute atomic E-state index is 9.15. The van der Waals surface area contributed by atoms with Gasteiger partial charge in [0.25, 0.3) is 0 Å². The molecule has 0 fully saturated rings. The van der Waals surface area contributed by atoms with E-state index in [9.17, 15) is 0 Å². The van der Waals surface area contributed by atoms with Gasteiger partial charge in [0.15, 0.2) is 0 Å². The molecule has 2 nitrogen and oxygen atoms in total. The first-order valence-corrected chi connectivity index (χ1v) is 5.93. The molecule has 18 heavy (non-hydrogen) atoms. The van der Waals surface area contributed by atoms with Gasteiger partial charge in [-0.2, -0.15) is 0 Å². The van der Waals surface area contributed by atoms with E-state index in [1.54, 1.807) is 0 Å². The van der Waals surface area contributed by atoms with Crippen LogP contribution in [0.1, 0.15) is 11.1 Å². The van der Waals surface area contributed by atoms with E-state index >= 15 is 0 Å². The van der Waals surface area contributed by atoms with Crippen molar-refractivity contribution in [2.24, 2.45) is 0 Å². The molecule has 0 spiro atoms. The lowest BCUT2D eigenvalue weighted by atomic mass is 10.2. The molecule has 2 aromatic rings. The lowest BCUT2D eigenvalue weighted by molar-refractivity contribution is 0.270. The maximum atomic E-state index is 9.15.